The SMILES string of the molecule is CN(C)[C@H]1CCCC[C@@H]1Nc1ccc(S(=O)(=O)NC(=O)c2cc(Cl)c(OCC3CCCC3)cc2F)cc1.O=CO. The zero-order valence-corrected chi connectivity index (χ0v) is 24.3. The molecule has 40 heavy (non-hydrogen) atoms. The van der Waals surface area contributed by atoms with Crippen LogP contribution in [-0.2, 0) is 14.8 Å². The van der Waals surface area contributed by atoms with Crippen molar-refractivity contribution in [1.29, 1.82) is 0 Å². The molecule has 2 aromatic carbocycles. The molecule has 4 rings (SSSR count). The molecule has 2 aromatic rings. The van der Waals surface area contributed by atoms with Gasteiger partial charge in [0.15, 0.2) is 0 Å². The molecule has 0 aromatic heterocycles. The summed E-state index contributed by atoms with van der Waals surface area (Å²) in [4.78, 5) is 23.1. The summed E-state index contributed by atoms with van der Waals surface area (Å²) in [6.07, 6.45) is 8.92. The first-order valence-electron chi connectivity index (χ1n) is 13.4. The summed E-state index contributed by atoms with van der Waals surface area (Å²) in [5.74, 6) is -1.45. The Morgan fingerprint density at radius 1 is 1.10 bits per heavy atom. The van der Waals surface area contributed by atoms with Crippen LogP contribution < -0.4 is 14.8 Å². The highest BCUT2D eigenvalue weighted by Crippen LogP contribution is 2.31. The van der Waals surface area contributed by atoms with E-state index in [2.05, 4.69) is 24.3 Å². The van der Waals surface area contributed by atoms with Gasteiger partial charge in [0.05, 0.1) is 22.1 Å². The number of nitrogens with one attached hydrogen (secondary N) is 2. The minimum absolute atomic E-state index is 0.0520. The molecule has 2 aliphatic rings. The number of likely N-dealkylation sites (N-methyl/N-ethyl adjacent to an activating group) is 1. The van der Waals surface area contributed by atoms with Crippen LogP contribution in [0.25, 0.3) is 0 Å². The van der Waals surface area contributed by atoms with Crippen LogP contribution >= 0.6 is 11.6 Å². The number of benzene rings is 2. The van der Waals surface area contributed by atoms with Crippen molar-refractivity contribution in [1.82, 2.24) is 9.62 Å². The second kappa shape index (κ2) is 14.7. The number of carboxylic acid groups (broad SMARTS) is 1. The van der Waals surface area contributed by atoms with Crippen LogP contribution in [0.15, 0.2) is 41.3 Å². The summed E-state index contributed by atoms with van der Waals surface area (Å²) < 4.78 is 48.0. The average Bonchev–Trinajstić information content (AvgIpc) is 3.43. The third-order valence-electron chi connectivity index (χ3n) is 7.35. The zero-order valence-electron chi connectivity index (χ0n) is 22.7. The minimum Gasteiger partial charge on any atom is -0.492 e. The maximum Gasteiger partial charge on any atom is 0.290 e. The Kier molecular flexibility index (Phi) is 11.6. The van der Waals surface area contributed by atoms with E-state index >= 15 is 0 Å². The fourth-order valence-electron chi connectivity index (χ4n) is 5.28. The van der Waals surface area contributed by atoms with Gasteiger partial charge in [-0.25, -0.2) is 17.5 Å². The number of rotatable bonds is 9. The third kappa shape index (κ3) is 8.55. The van der Waals surface area contributed by atoms with Crippen molar-refractivity contribution < 1.29 is 32.2 Å². The smallest absolute Gasteiger partial charge is 0.290 e. The van der Waals surface area contributed by atoms with Crippen molar-refractivity contribution in [3.63, 3.8) is 0 Å². The van der Waals surface area contributed by atoms with E-state index in [4.69, 9.17) is 26.2 Å². The van der Waals surface area contributed by atoms with Gasteiger partial charge in [-0.3, -0.25) is 9.59 Å². The molecule has 0 spiro atoms. The van der Waals surface area contributed by atoms with E-state index < -0.39 is 27.3 Å². The molecule has 0 aliphatic heterocycles. The number of amides is 1. The molecule has 1 amide bonds. The highest BCUT2D eigenvalue weighted by molar-refractivity contribution is 7.90. The molecule has 2 aliphatic carbocycles. The number of sulfonamides is 1. The van der Waals surface area contributed by atoms with E-state index in [9.17, 15) is 17.6 Å². The fourth-order valence-corrected chi connectivity index (χ4v) is 6.46. The van der Waals surface area contributed by atoms with Gasteiger partial charge in [-0.15, -0.1) is 0 Å². The Bertz CT molecular complexity index is 1250. The number of carbonyl (C=O) groups is 2. The molecule has 2 atom stereocenters. The highest BCUT2D eigenvalue weighted by Gasteiger charge is 2.27. The number of hydrogen-bond donors (Lipinski definition) is 3. The van der Waals surface area contributed by atoms with E-state index in [1.54, 1.807) is 12.1 Å². The molecular formula is C28H37ClFN3O6S. The maximum absolute atomic E-state index is 14.7. The van der Waals surface area contributed by atoms with Gasteiger partial charge in [0, 0.05) is 23.8 Å². The van der Waals surface area contributed by atoms with Crippen LogP contribution in [0.1, 0.15) is 61.7 Å². The van der Waals surface area contributed by atoms with Gasteiger partial charge < -0.3 is 20.1 Å². The lowest BCUT2D eigenvalue weighted by Gasteiger charge is -2.37. The lowest BCUT2D eigenvalue weighted by Crippen LogP contribution is -2.45. The van der Waals surface area contributed by atoms with Crippen LogP contribution in [0, 0.1) is 11.7 Å². The first-order chi connectivity index (χ1) is 19.1. The number of carbonyl (C=O) groups excluding carboxylic acids is 1. The average molecular weight is 598 g/mol. The summed E-state index contributed by atoms with van der Waals surface area (Å²) in [6.45, 7) is 0.181. The Hall–Kier alpha value is -2.89. The van der Waals surface area contributed by atoms with E-state index in [0.717, 1.165) is 62.8 Å². The zero-order chi connectivity index (χ0) is 29.3. The molecular weight excluding hydrogens is 561 g/mol. The number of ether oxygens (including phenoxy) is 1. The summed E-state index contributed by atoms with van der Waals surface area (Å²) in [7, 11) is -0.0882. The first-order valence-corrected chi connectivity index (χ1v) is 15.2. The van der Waals surface area contributed by atoms with Gasteiger partial charge in [-0.1, -0.05) is 37.3 Å². The molecule has 2 saturated carbocycles. The quantitative estimate of drug-likeness (QED) is 0.339. The van der Waals surface area contributed by atoms with E-state index in [0.29, 0.717) is 18.6 Å². The molecule has 0 bridgehead atoms. The molecule has 0 saturated heterocycles. The standard InChI is InChI=1S/C27H35ClFN3O4S.CH2O2/c1-32(2)25-10-6-5-9-24(25)30-19-11-13-20(14-12-19)37(34,35)31-27(33)21-15-22(28)26(16-23(21)29)36-17-18-7-3-4-8-18;2-1-3/h11-16,18,24-25,30H,3-10,17H2,1-2H3,(H,31,33);1H,(H,2,3)/t24-,25-;/m0./s1. The van der Waals surface area contributed by atoms with E-state index in [1.807, 2.05) is 4.72 Å². The minimum atomic E-state index is -4.22. The van der Waals surface area contributed by atoms with E-state index in [-0.39, 0.29) is 28.2 Å². The van der Waals surface area contributed by atoms with E-state index in [1.165, 1.54) is 18.6 Å². The summed E-state index contributed by atoms with van der Waals surface area (Å²) in [6, 6.07) is 9.00. The highest BCUT2D eigenvalue weighted by atomic mass is 35.5. The van der Waals surface area contributed by atoms with Crippen LogP contribution in [-0.4, -0.2) is 63.6 Å². The summed E-state index contributed by atoms with van der Waals surface area (Å²) in [5.41, 5.74) is 0.335. The number of anilines is 1. The summed E-state index contributed by atoms with van der Waals surface area (Å²) >= 11 is 6.22. The normalized spacial score (nSPS) is 19.4. The van der Waals surface area contributed by atoms with Crippen molar-refractivity contribution in [3.05, 3.63) is 52.8 Å². The number of halogens is 2. The first kappa shape index (κ1) is 31.6. The Labute approximate surface area is 240 Å². The van der Waals surface area contributed by atoms with Crippen LogP contribution in [0.5, 0.6) is 5.75 Å². The molecule has 2 fully saturated rings. The van der Waals surface area contributed by atoms with Crippen LogP contribution in [0.2, 0.25) is 5.02 Å². The van der Waals surface area contributed by atoms with Crippen molar-refractivity contribution in [2.24, 2.45) is 5.92 Å². The molecule has 12 heteroatoms. The monoisotopic (exact) mass is 597 g/mol. The second-order valence-corrected chi connectivity index (χ2v) is 12.4. The van der Waals surface area contributed by atoms with Gasteiger partial charge in [-0.2, -0.15) is 0 Å². The van der Waals surface area contributed by atoms with Gasteiger partial charge in [0.1, 0.15) is 11.6 Å². The predicted molar refractivity (Wildman–Crippen MR) is 152 cm³/mol. The second-order valence-electron chi connectivity index (χ2n) is 10.4. The molecule has 0 unspecified atom stereocenters. The maximum atomic E-state index is 14.7. The van der Waals surface area contributed by atoms with Gasteiger partial charge in [-0.05, 0) is 76.0 Å². The summed E-state index contributed by atoms with van der Waals surface area (Å²) in [5, 5.41) is 10.4. The van der Waals surface area contributed by atoms with Gasteiger partial charge >= 0.3 is 0 Å². The Morgan fingerprint density at radius 3 is 2.33 bits per heavy atom. The molecule has 0 radical (unpaired) electrons. The van der Waals surface area contributed by atoms with Crippen molar-refractivity contribution in [2.75, 3.05) is 26.0 Å². The third-order valence-corrected chi connectivity index (χ3v) is 8.99. The molecule has 3 N–H and O–H groups in total. The van der Waals surface area contributed by atoms with Gasteiger partial charge in [0.25, 0.3) is 22.4 Å². The largest absolute Gasteiger partial charge is 0.492 e. The predicted octanol–water partition coefficient (Wildman–Crippen LogP) is 5.15. The fraction of sp³-hybridized carbons (Fsp3) is 0.500. The van der Waals surface area contributed by atoms with Gasteiger partial charge in [0.2, 0.25) is 0 Å². The number of nitrogens with zero attached hydrogens (tertiary/aromatic N) is 1. The molecule has 9 nitrogen and oxygen atoms in total. The molecule has 220 valence electrons. The van der Waals surface area contributed by atoms with Crippen molar-refractivity contribution >= 4 is 39.7 Å². The molecule has 0 heterocycles. The topological polar surface area (TPSA) is 125 Å². The van der Waals surface area contributed by atoms with Crippen molar-refractivity contribution in [2.45, 2.75) is 68.3 Å². The number of hydrogen-bond acceptors (Lipinski definition) is 7. The lowest BCUT2D eigenvalue weighted by molar-refractivity contribution is -0.122. The Balaban J connectivity index is 0.00000141. The van der Waals surface area contributed by atoms with Crippen molar-refractivity contribution in [3.8, 4) is 5.75 Å². The van der Waals surface area contributed by atoms with Crippen LogP contribution in [0.4, 0.5) is 10.1 Å². The van der Waals surface area contributed by atoms with Crippen LogP contribution in [0.3, 0.4) is 0 Å². The Morgan fingerprint density at radius 2 is 1.70 bits per heavy atom. The lowest BCUT2D eigenvalue weighted by atomic mass is 9.89.